The third-order valence-electron chi connectivity index (χ3n) is 3.63. The minimum Gasteiger partial charge on any atom is -0.509 e. The third kappa shape index (κ3) is 3.26. The lowest BCUT2D eigenvalue weighted by Gasteiger charge is -2.10. The summed E-state index contributed by atoms with van der Waals surface area (Å²) in [6, 6.07) is 15.1. The van der Waals surface area contributed by atoms with Gasteiger partial charge in [-0.15, -0.1) is 0 Å². The van der Waals surface area contributed by atoms with Crippen molar-refractivity contribution >= 4 is 23.4 Å². The second kappa shape index (κ2) is 6.76. The molecule has 122 valence electrons. The number of carbonyl (C=O) groups is 1. The third-order valence-corrected chi connectivity index (χ3v) is 4.79. The van der Waals surface area contributed by atoms with Crippen LogP contribution in [0.4, 0.5) is 5.69 Å². The van der Waals surface area contributed by atoms with Crippen LogP contribution in [-0.2, 0) is 11.2 Å². The van der Waals surface area contributed by atoms with E-state index < -0.39 is 16.9 Å². The van der Waals surface area contributed by atoms with Gasteiger partial charge >= 0.3 is 0 Å². The Kier molecular flexibility index (Phi) is 4.52. The molecule has 0 bridgehead atoms. The zero-order valence-electron chi connectivity index (χ0n) is 12.5. The molecule has 6 nitrogen and oxygen atoms in total. The number of carbonyl (C=O) groups excluding carboxylic acids is 1. The van der Waals surface area contributed by atoms with Crippen LogP contribution < -0.4 is 5.32 Å². The van der Waals surface area contributed by atoms with Gasteiger partial charge in [0.05, 0.1) is 15.9 Å². The van der Waals surface area contributed by atoms with Crippen molar-refractivity contribution in [3.63, 3.8) is 0 Å². The average molecular weight is 342 g/mol. The number of benzene rings is 2. The maximum absolute atomic E-state index is 12.2. The normalized spacial score (nSPS) is 17.0. The molecule has 1 aliphatic heterocycles. The molecule has 2 N–H and O–H groups in total. The number of amides is 1. The van der Waals surface area contributed by atoms with E-state index in [2.05, 4.69) is 5.32 Å². The Balaban J connectivity index is 1.85. The summed E-state index contributed by atoms with van der Waals surface area (Å²) >= 11 is 0.913. The molecule has 0 aliphatic carbocycles. The van der Waals surface area contributed by atoms with Crippen LogP contribution in [0.5, 0.6) is 0 Å². The summed E-state index contributed by atoms with van der Waals surface area (Å²) in [5, 5.41) is 24.2. The molecule has 0 unspecified atom stereocenters. The van der Waals surface area contributed by atoms with Crippen LogP contribution in [0.2, 0.25) is 0 Å². The van der Waals surface area contributed by atoms with Gasteiger partial charge in [0.25, 0.3) is 11.6 Å². The summed E-state index contributed by atoms with van der Waals surface area (Å²) < 4.78 is 0. The molecular weight excluding hydrogens is 328 g/mol. The first-order valence-electron chi connectivity index (χ1n) is 7.25. The summed E-state index contributed by atoms with van der Waals surface area (Å²) in [6.07, 6.45) is 0.458. The Morgan fingerprint density at radius 1 is 1.12 bits per heavy atom. The van der Waals surface area contributed by atoms with Crippen molar-refractivity contribution in [2.75, 3.05) is 0 Å². The van der Waals surface area contributed by atoms with Crippen molar-refractivity contribution in [1.29, 1.82) is 0 Å². The lowest BCUT2D eigenvalue weighted by Crippen LogP contribution is -2.30. The van der Waals surface area contributed by atoms with Gasteiger partial charge < -0.3 is 10.4 Å². The van der Waals surface area contributed by atoms with Crippen molar-refractivity contribution in [1.82, 2.24) is 5.32 Å². The largest absolute Gasteiger partial charge is 0.509 e. The number of nitrogens with one attached hydrogen (secondary N) is 1. The molecule has 1 atom stereocenters. The molecule has 24 heavy (non-hydrogen) atoms. The Labute approximate surface area is 142 Å². The van der Waals surface area contributed by atoms with E-state index >= 15 is 0 Å². The second-order valence-electron chi connectivity index (χ2n) is 5.26. The molecular formula is C17H14N2O4S. The van der Waals surface area contributed by atoms with E-state index in [-0.39, 0.29) is 16.4 Å². The van der Waals surface area contributed by atoms with Crippen LogP contribution >= 0.6 is 11.8 Å². The number of nitro benzene ring substituents is 1. The predicted molar refractivity (Wildman–Crippen MR) is 90.7 cm³/mol. The van der Waals surface area contributed by atoms with Crippen LogP contribution in [0.15, 0.2) is 70.2 Å². The number of hydrogen-bond donors (Lipinski definition) is 2. The summed E-state index contributed by atoms with van der Waals surface area (Å²) in [5.74, 6) is -0.497. The fourth-order valence-electron chi connectivity index (χ4n) is 2.47. The Morgan fingerprint density at radius 3 is 2.50 bits per heavy atom. The zero-order chi connectivity index (χ0) is 17.1. The van der Waals surface area contributed by atoms with E-state index in [4.69, 9.17) is 0 Å². The summed E-state index contributed by atoms with van der Waals surface area (Å²) in [5.41, 5.74) is 0.883. The molecule has 1 aliphatic rings. The van der Waals surface area contributed by atoms with Gasteiger partial charge in [-0.1, -0.05) is 54.2 Å². The highest BCUT2D eigenvalue weighted by Crippen LogP contribution is 2.37. The van der Waals surface area contributed by atoms with Gasteiger partial charge in [0.15, 0.2) is 0 Å². The van der Waals surface area contributed by atoms with E-state index in [9.17, 15) is 20.0 Å². The van der Waals surface area contributed by atoms with Gasteiger partial charge in [-0.25, -0.2) is 0 Å². The van der Waals surface area contributed by atoms with E-state index in [1.807, 2.05) is 30.3 Å². The molecule has 0 spiro atoms. The summed E-state index contributed by atoms with van der Waals surface area (Å²) in [6.45, 7) is 0. The highest BCUT2D eigenvalue weighted by molar-refractivity contribution is 8.04. The Hall–Kier alpha value is -2.80. The number of rotatable bonds is 5. The molecule has 0 saturated carbocycles. The van der Waals surface area contributed by atoms with Crippen molar-refractivity contribution in [3.8, 4) is 0 Å². The number of thioether (sulfide) groups is 1. The average Bonchev–Trinajstić information content (AvgIpc) is 2.84. The fraction of sp³-hybridized carbons (Fsp3) is 0.118. The molecule has 1 heterocycles. The van der Waals surface area contributed by atoms with E-state index in [0.717, 1.165) is 17.3 Å². The number of hydrogen-bond acceptors (Lipinski definition) is 5. The first-order valence-corrected chi connectivity index (χ1v) is 8.07. The monoisotopic (exact) mass is 342 g/mol. The van der Waals surface area contributed by atoms with Crippen molar-refractivity contribution in [2.45, 2.75) is 17.4 Å². The van der Waals surface area contributed by atoms with Crippen LogP contribution in [0.3, 0.4) is 0 Å². The van der Waals surface area contributed by atoms with Gasteiger partial charge in [0.2, 0.25) is 0 Å². The number of aliphatic hydroxyl groups is 1. The fourth-order valence-corrected chi connectivity index (χ4v) is 3.48. The highest BCUT2D eigenvalue weighted by atomic mass is 32.2. The number of nitrogens with zero attached hydrogens (tertiary/aromatic N) is 1. The molecule has 2 aromatic rings. The number of aliphatic hydroxyl groups excluding tert-OH is 1. The lowest BCUT2D eigenvalue weighted by atomic mass is 10.1. The molecule has 0 radical (unpaired) electrons. The van der Waals surface area contributed by atoms with E-state index in [0.29, 0.717) is 11.3 Å². The molecule has 0 fully saturated rings. The van der Waals surface area contributed by atoms with Crippen LogP contribution in [-0.4, -0.2) is 22.0 Å². The van der Waals surface area contributed by atoms with Gasteiger partial charge in [-0.3, -0.25) is 14.9 Å². The minimum atomic E-state index is -0.523. The van der Waals surface area contributed by atoms with Gasteiger partial charge in [-0.2, -0.15) is 0 Å². The topological polar surface area (TPSA) is 92.5 Å². The highest BCUT2D eigenvalue weighted by Gasteiger charge is 2.33. The van der Waals surface area contributed by atoms with Crippen molar-refractivity contribution < 1.29 is 14.8 Å². The number of nitro groups is 1. The van der Waals surface area contributed by atoms with Gasteiger partial charge in [-0.05, 0) is 18.1 Å². The molecule has 1 amide bonds. The van der Waals surface area contributed by atoms with Gasteiger partial charge in [0, 0.05) is 6.07 Å². The first-order chi connectivity index (χ1) is 11.6. The molecule has 0 saturated heterocycles. The maximum Gasteiger partial charge on any atom is 0.283 e. The lowest BCUT2D eigenvalue weighted by molar-refractivity contribution is -0.387. The predicted octanol–water partition coefficient (Wildman–Crippen LogP) is 3.20. The van der Waals surface area contributed by atoms with Crippen LogP contribution in [0.1, 0.15) is 5.56 Å². The SMILES string of the molecule is O=C1N[C@H](Cc2ccccc2)C(O)=C1Sc1ccccc1[N+](=O)[O-]. The smallest absolute Gasteiger partial charge is 0.283 e. The maximum atomic E-state index is 12.2. The standard InChI is InChI=1S/C17H14N2O4S/c20-15-12(10-11-6-2-1-3-7-11)18-17(21)16(15)24-14-9-5-4-8-13(14)19(22)23/h1-9,12,20H,10H2,(H,18,21)/t12-/m1/s1. The van der Waals surface area contributed by atoms with Crippen LogP contribution in [0.25, 0.3) is 0 Å². The molecule has 2 aromatic carbocycles. The molecule has 7 heteroatoms. The van der Waals surface area contributed by atoms with Gasteiger partial charge in [0.1, 0.15) is 10.7 Å². The number of para-hydroxylation sites is 1. The minimum absolute atomic E-state index is 0.0768. The van der Waals surface area contributed by atoms with Crippen LogP contribution in [0, 0.1) is 10.1 Å². The first kappa shape index (κ1) is 16.1. The van der Waals surface area contributed by atoms with Crippen molar-refractivity contribution in [3.05, 3.63) is 80.9 Å². The quantitative estimate of drug-likeness (QED) is 0.643. The summed E-state index contributed by atoms with van der Waals surface area (Å²) in [4.78, 5) is 23.1. The van der Waals surface area contributed by atoms with E-state index in [1.165, 1.54) is 6.07 Å². The molecule has 3 rings (SSSR count). The molecule has 0 aromatic heterocycles. The second-order valence-corrected chi connectivity index (χ2v) is 6.31. The zero-order valence-corrected chi connectivity index (χ0v) is 13.3. The summed E-state index contributed by atoms with van der Waals surface area (Å²) in [7, 11) is 0. The Bertz CT molecular complexity index is 820. The van der Waals surface area contributed by atoms with E-state index in [1.54, 1.807) is 18.2 Å². The van der Waals surface area contributed by atoms with Crippen molar-refractivity contribution in [2.24, 2.45) is 0 Å². The Morgan fingerprint density at radius 2 is 1.79 bits per heavy atom.